The third kappa shape index (κ3) is 8.06. The van der Waals surface area contributed by atoms with Crippen LogP contribution in [-0.4, -0.2) is 53.7 Å². The lowest BCUT2D eigenvalue weighted by Crippen LogP contribution is -2.51. The Morgan fingerprint density at radius 2 is 1.84 bits per heavy atom. The Morgan fingerprint density at radius 3 is 2.41 bits per heavy atom. The highest BCUT2D eigenvalue weighted by atomic mass is 32.1. The summed E-state index contributed by atoms with van der Waals surface area (Å²) in [6, 6.07) is 22.2. The second-order valence-corrected chi connectivity index (χ2v) is 9.32. The second-order valence-electron chi connectivity index (χ2n) is 8.37. The summed E-state index contributed by atoms with van der Waals surface area (Å²) in [7, 11) is 0. The van der Waals surface area contributed by atoms with Crippen molar-refractivity contribution in [2.75, 3.05) is 29.9 Å². The number of amides is 1. The van der Waals surface area contributed by atoms with E-state index in [1.807, 2.05) is 47.8 Å². The SMILES string of the molecule is CC1CN(Cc2cccc(C#N)c2)CCN1c1ccc(NC(=O)c2cccs2)cc1.O=C(O)C(F)(F)F. The highest BCUT2D eigenvalue weighted by Gasteiger charge is 2.38. The summed E-state index contributed by atoms with van der Waals surface area (Å²) in [5.74, 6) is -2.83. The van der Waals surface area contributed by atoms with Crippen molar-refractivity contribution in [3.05, 3.63) is 82.0 Å². The number of nitrogens with zero attached hydrogens (tertiary/aromatic N) is 3. The molecule has 1 aliphatic rings. The molecular formula is C26H25F3N4O3S. The fraction of sp³-hybridized carbons (Fsp3) is 0.269. The molecule has 0 bridgehead atoms. The van der Waals surface area contributed by atoms with Gasteiger partial charge in [0.15, 0.2) is 0 Å². The lowest BCUT2D eigenvalue weighted by atomic mass is 10.1. The molecule has 2 aromatic carbocycles. The first-order chi connectivity index (χ1) is 17.6. The Hall–Kier alpha value is -3.88. The fourth-order valence-electron chi connectivity index (χ4n) is 3.89. The van der Waals surface area contributed by atoms with E-state index in [1.165, 1.54) is 22.6 Å². The van der Waals surface area contributed by atoms with E-state index in [0.717, 1.165) is 31.9 Å². The van der Waals surface area contributed by atoms with Crippen molar-refractivity contribution in [3.8, 4) is 6.07 Å². The molecule has 0 radical (unpaired) electrons. The molecule has 2 N–H and O–H groups in total. The molecule has 3 aromatic rings. The lowest BCUT2D eigenvalue weighted by Gasteiger charge is -2.41. The zero-order valence-electron chi connectivity index (χ0n) is 19.9. The predicted molar refractivity (Wildman–Crippen MR) is 136 cm³/mol. The Kier molecular flexibility index (Phi) is 9.27. The van der Waals surface area contributed by atoms with Gasteiger partial charge in [-0.1, -0.05) is 18.2 Å². The maximum absolute atomic E-state index is 12.2. The summed E-state index contributed by atoms with van der Waals surface area (Å²) in [6.07, 6.45) is -5.08. The van der Waals surface area contributed by atoms with E-state index < -0.39 is 12.1 Å². The monoisotopic (exact) mass is 530 g/mol. The van der Waals surface area contributed by atoms with E-state index in [1.54, 1.807) is 0 Å². The number of anilines is 2. The number of nitrogens with one attached hydrogen (secondary N) is 1. The van der Waals surface area contributed by atoms with Gasteiger partial charge in [-0.3, -0.25) is 9.69 Å². The third-order valence-corrected chi connectivity index (χ3v) is 6.49. The molecule has 0 spiro atoms. The van der Waals surface area contributed by atoms with Crippen molar-refractivity contribution in [2.45, 2.75) is 25.7 Å². The summed E-state index contributed by atoms with van der Waals surface area (Å²) < 4.78 is 31.7. The summed E-state index contributed by atoms with van der Waals surface area (Å²) >= 11 is 1.44. The first-order valence-corrected chi connectivity index (χ1v) is 12.2. The van der Waals surface area contributed by atoms with Crippen LogP contribution in [0, 0.1) is 11.3 Å². The Labute approximate surface area is 216 Å². The third-order valence-electron chi connectivity index (χ3n) is 5.62. The zero-order chi connectivity index (χ0) is 27.0. The number of thiophene rings is 1. The van der Waals surface area contributed by atoms with E-state index >= 15 is 0 Å². The fourth-order valence-corrected chi connectivity index (χ4v) is 4.51. The van der Waals surface area contributed by atoms with E-state index in [2.05, 4.69) is 46.3 Å². The average Bonchev–Trinajstić information content (AvgIpc) is 3.40. The molecule has 1 saturated heterocycles. The number of rotatable bonds is 5. The summed E-state index contributed by atoms with van der Waals surface area (Å²) in [6.45, 7) is 5.98. The number of benzene rings is 2. The van der Waals surface area contributed by atoms with E-state index in [0.29, 0.717) is 16.5 Å². The maximum atomic E-state index is 12.2. The van der Waals surface area contributed by atoms with Gasteiger partial charge in [-0.15, -0.1) is 11.3 Å². The van der Waals surface area contributed by atoms with Gasteiger partial charge in [0.05, 0.1) is 16.5 Å². The first-order valence-electron chi connectivity index (χ1n) is 11.3. The molecular weight excluding hydrogens is 505 g/mol. The zero-order valence-corrected chi connectivity index (χ0v) is 20.7. The largest absolute Gasteiger partial charge is 0.490 e. The molecule has 4 rings (SSSR count). The van der Waals surface area contributed by atoms with Crippen molar-refractivity contribution in [1.29, 1.82) is 5.26 Å². The molecule has 37 heavy (non-hydrogen) atoms. The van der Waals surface area contributed by atoms with Crippen LogP contribution in [0.5, 0.6) is 0 Å². The molecule has 194 valence electrons. The number of carboxylic acids is 1. The topological polar surface area (TPSA) is 96.7 Å². The number of carbonyl (C=O) groups is 2. The molecule has 1 atom stereocenters. The van der Waals surface area contributed by atoms with Gasteiger partial charge in [0.2, 0.25) is 0 Å². The van der Waals surface area contributed by atoms with Crippen LogP contribution in [0.15, 0.2) is 66.0 Å². The van der Waals surface area contributed by atoms with Crippen LogP contribution in [0.3, 0.4) is 0 Å². The van der Waals surface area contributed by atoms with Crippen LogP contribution >= 0.6 is 11.3 Å². The van der Waals surface area contributed by atoms with E-state index in [-0.39, 0.29) is 5.91 Å². The van der Waals surface area contributed by atoms with E-state index in [4.69, 9.17) is 15.2 Å². The summed E-state index contributed by atoms with van der Waals surface area (Å²) in [5.41, 5.74) is 3.87. The van der Waals surface area contributed by atoms with Crippen LogP contribution in [0.1, 0.15) is 27.7 Å². The predicted octanol–water partition coefficient (Wildman–Crippen LogP) is 5.22. The molecule has 1 amide bonds. The molecule has 0 saturated carbocycles. The molecule has 1 aromatic heterocycles. The minimum atomic E-state index is -5.08. The van der Waals surface area contributed by atoms with Crippen molar-refractivity contribution < 1.29 is 27.9 Å². The van der Waals surface area contributed by atoms with Gasteiger partial charge < -0.3 is 15.3 Å². The van der Waals surface area contributed by atoms with Crippen LogP contribution in [0.4, 0.5) is 24.5 Å². The minimum absolute atomic E-state index is 0.0693. The quantitative estimate of drug-likeness (QED) is 0.470. The number of piperazine rings is 1. The van der Waals surface area contributed by atoms with Gasteiger partial charge >= 0.3 is 12.1 Å². The maximum Gasteiger partial charge on any atom is 0.490 e. The molecule has 0 aliphatic carbocycles. The van der Waals surface area contributed by atoms with Crippen LogP contribution in [0.25, 0.3) is 0 Å². The molecule has 1 unspecified atom stereocenters. The molecule has 7 nitrogen and oxygen atoms in total. The Morgan fingerprint density at radius 1 is 1.14 bits per heavy atom. The number of aliphatic carboxylic acids is 1. The van der Waals surface area contributed by atoms with E-state index in [9.17, 15) is 18.0 Å². The number of hydrogen-bond acceptors (Lipinski definition) is 6. The number of hydrogen-bond donors (Lipinski definition) is 2. The highest BCUT2D eigenvalue weighted by Crippen LogP contribution is 2.24. The van der Waals surface area contributed by atoms with Crippen LogP contribution < -0.4 is 10.2 Å². The molecule has 1 fully saturated rings. The summed E-state index contributed by atoms with van der Waals surface area (Å²) in [4.78, 5) is 26.7. The number of carbonyl (C=O) groups excluding carboxylic acids is 1. The van der Waals surface area contributed by atoms with Gasteiger partial charge in [-0.2, -0.15) is 18.4 Å². The number of nitriles is 1. The number of halogens is 3. The van der Waals surface area contributed by atoms with Gasteiger partial charge in [0.25, 0.3) is 5.91 Å². The highest BCUT2D eigenvalue weighted by molar-refractivity contribution is 7.12. The van der Waals surface area contributed by atoms with Crippen molar-refractivity contribution in [2.24, 2.45) is 0 Å². The number of carboxylic acid groups (broad SMARTS) is 1. The van der Waals surface area contributed by atoms with Crippen molar-refractivity contribution in [1.82, 2.24) is 4.90 Å². The number of alkyl halides is 3. The standard InChI is InChI=1S/C24H24N4OS.C2HF3O2/c1-18-16-27(17-20-5-2-4-19(14-20)15-25)11-12-28(18)22-9-7-21(8-10-22)26-24(29)23-6-3-13-30-23;3-2(4,5)1(6)7/h2-10,13-14,18H,11-12,16-17H2,1H3,(H,26,29);(H,6,7). The smallest absolute Gasteiger partial charge is 0.475 e. The van der Waals surface area contributed by atoms with Gasteiger partial charge in [-0.25, -0.2) is 4.79 Å². The normalized spacial score (nSPS) is 15.8. The molecule has 1 aliphatic heterocycles. The Balaban J connectivity index is 0.000000479. The van der Waals surface area contributed by atoms with Gasteiger partial charge in [0, 0.05) is 43.6 Å². The lowest BCUT2D eigenvalue weighted by molar-refractivity contribution is -0.192. The van der Waals surface area contributed by atoms with Crippen LogP contribution in [-0.2, 0) is 11.3 Å². The second kappa shape index (κ2) is 12.4. The van der Waals surface area contributed by atoms with Gasteiger partial charge in [0.1, 0.15) is 0 Å². The first kappa shape index (κ1) is 27.7. The summed E-state index contributed by atoms with van der Waals surface area (Å²) in [5, 5.41) is 21.1. The minimum Gasteiger partial charge on any atom is -0.475 e. The van der Waals surface area contributed by atoms with Crippen molar-refractivity contribution in [3.63, 3.8) is 0 Å². The molecule has 11 heteroatoms. The van der Waals surface area contributed by atoms with Crippen molar-refractivity contribution >= 4 is 34.6 Å². The Bertz CT molecular complexity index is 1240. The average molecular weight is 531 g/mol. The van der Waals surface area contributed by atoms with Gasteiger partial charge in [-0.05, 0) is 60.3 Å². The molecule has 2 heterocycles. The van der Waals surface area contributed by atoms with Crippen LogP contribution in [0.2, 0.25) is 0 Å².